The van der Waals surface area contributed by atoms with Gasteiger partial charge in [-0.15, -0.1) is 0 Å². The number of halogens is 2. The van der Waals surface area contributed by atoms with Crippen molar-refractivity contribution in [2.75, 3.05) is 13.2 Å². The number of carboxylic acid groups (broad SMARTS) is 1. The molecule has 2 N–H and O–H groups in total. The summed E-state index contributed by atoms with van der Waals surface area (Å²) in [5, 5.41) is 17.9. The van der Waals surface area contributed by atoms with Gasteiger partial charge in [0.2, 0.25) is 0 Å². The van der Waals surface area contributed by atoms with E-state index in [0.717, 1.165) is 0 Å². The minimum Gasteiger partial charge on any atom is -0.490 e. The van der Waals surface area contributed by atoms with Crippen molar-refractivity contribution in [1.82, 2.24) is 0 Å². The van der Waals surface area contributed by atoms with E-state index in [-0.39, 0.29) is 13.2 Å². The number of aliphatic hydroxyl groups is 1. The molecule has 2 aromatic rings. The predicted octanol–water partition coefficient (Wildman–Crippen LogP) is 3.75. The fourth-order valence-corrected chi connectivity index (χ4v) is 1.79. The van der Waals surface area contributed by atoms with Gasteiger partial charge in [-0.05, 0) is 30.3 Å². The second kappa shape index (κ2) is 9.23. The molecule has 2 rings (SSSR count). The lowest BCUT2D eigenvalue weighted by Crippen LogP contribution is -2.01. The van der Waals surface area contributed by atoms with Gasteiger partial charge in [0.1, 0.15) is 12.4 Å². The number of rotatable bonds is 4. The lowest BCUT2D eigenvalue weighted by molar-refractivity contribution is 0.0697. The predicted molar refractivity (Wildman–Crippen MR) is 82.4 cm³/mol. The van der Waals surface area contributed by atoms with E-state index < -0.39 is 5.97 Å². The smallest absolute Gasteiger partial charge is 0.335 e. The standard InChI is InChI=1S/C8H8Cl2O2.C7H6O2/c9-6-1-2-8(7(10)5-6)12-4-3-11;8-7(9)6-4-2-1-3-5-6/h1-2,5,11H,3-4H2;1-5H,(H,8,9). The number of carbonyl (C=O) groups is 1. The minimum absolute atomic E-state index is 0.0288. The SMILES string of the molecule is O=C(O)c1ccccc1.OCCOc1ccc(Cl)cc1Cl. The average Bonchev–Trinajstić information content (AvgIpc) is 2.48. The van der Waals surface area contributed by atoms with Crippen LogP contribution in [0.4, 0.5) is 0 Å². The maximum atomic E-state index is 10.2. The Morgan fingerprint density at radius 3 is 2.24 bits per heavy atom. The van der Waals surface area contributed by atoms with E-state index in [9.17, 15) is 4.79 Å². The van der Waals surface area contributed by atoms with Crippen molar-refractivity contribution in [3.63, 3.8) is 0 Å². The van der Waals surface area contributed by atoms with Gasteiger partial charge in [-0.2, -0.15) is 0 Å². The van der Waals surface area contributed by atoms with Crippen LogP contribution in [-0.4, -0.2) is 29.4 Å². The van der Waals surface area contributed by atoms with Crippen LogP contribution >= 0.6 is 23.2 Å². The third-order valence-electron chi connectivity index (χ3n) is 2.26. The molecule has 0 bridgehead atoms. The van der Waals surface area contributed by atoms with Gasteiger partial charge in [-0.25, -0.2) is 4.79 Å². The highest BCUT2D eigenvalue weighted by Crippen LogP contribution is 2.27. The van der Waals surface area contributed by atoms with Crippen LogP contribution in [0.5, 0.6) is 5.75 Å². The van der Waals surface area contributed by atoms with Crippen molar-refractivity contribution in [3.05, 3.63) is 64.1 Å². The first-order valence-corrected chi connectivity index (χ1v) is 6.77. The molecule has 0 amide bonds. The van der Waals surface area contributed by atoms with Crippen molar-refractivity contribution in [2.24, 2.45) is 0 Å². The summed E-state index contributed by atoms with van der Waals surface area (Å²) in [5.74, 6) is -0.342. The van der Waals surface area contributed by atoms with E-state index >= 15 is 0 Å². The molecule has 21 heavy (non-hydrogen) atoms. The second-order valence-electron chi connectivity index (χ2n) is 3.82. The van der Waals surface area contributed by atoms with Crippen molar-refractivity contribution in [1.29, 1.82) is 0 Å². The molecule has 0 fully saturated rings. The molecule has 0 spiro atoms. The lowest BCUT2D eigenvalue weighted by atomic mass is 10.2. The Hall–Kier alpha value is -1.75. The molecule has 0 saturated heterocycles. The number of aromatic carboxylic acids is 1. The molecule has 0 unspecified atom stereocenters. The van der Waals surface area contributed by atoms with Crippen molar-refractivity contribution >= 4 is 29.2 Å². The Morgan fingerprint density at radius 1 is 1.10 bits per heavy atom. The lowest BCUT2D eigenvalue weighted by Gasteiger charge is -2.05. The highest BCUT2D eigenvalue weighted by Gasteiger charge is 2.00. The number of carboxylic acids is 1. The van der Waals surface area contributed by atoms with Crippen LogP contribution in [0.1, 0.15) is 10.4 Å². The highest BCUT2D eigenvalue weighted by atomic mass is 35.5. The Kier molecular flexibility index (Phi) is 7.61. The number of benzene rings is 2. The third kappa shape index (κ3) is 6.49. The molecule has 0 heterocycles. The van der Waals surface area contributed by atoms with Gasteiger partial charge in [0.05, 0.1) is 17.2 Å². The zero-order chi connectivity index (χ0) is 15.7. The summed E-state index contributed by atoms with van der Waals surface area (Å²) in [5.41, 5.74) is 0.331. The van der Waals surface area contributed by atoms with Crippen molar-refractivity contribution < 1.29 is 19.7 Å². The first-order chi connectivity index (χ1) is 10.0. The van der Waals surface area contributed by atoms with Gasteiger partial charge in [0, 0.05) is 5.02 Å². The van der Waals surface area contributed by atoms with E-state index in [0.29, 0.717) is 21.4 Å². The van der Waals surface area contributed by atoms with Crippen LogP contribution in [0.3, 0.4) is 0 Å². The molecule has 2 aromatic carbocycles. The van der Waals surface area contributed by atoms with Crippen molar-refractivity contribution in [3.8, 4) is 5.75 Å². The zero-order valence-corrected chi connectivity index (χ0v) is 12.5. The molecule has 0 aliphatic rings. The third-order valence-corrected chi connectivity index (χ3v) is 2.79. The van der Waals surface area contributed by atoms with Crippen molar-refractivity contribution in [2.45, 2.75) is 0 Å². The maximum Gasteiger partial charge on any atom is 0.335 e. The minimum atomic E-state index is -0.879. The van der Waals surface area contributed by atoms with Crippen LogP contribution < -0.4 is 4.74 Å². The molecular formula is C15H14Cl2O4. The molecule has 0 aliphatic heterocycles. The van der Waals surface area contributed by atoms with E-state index in [1.54, 1.807) is 48.5 Å². The van der Waals surface area contributed by atoms with Gasteiger partial charge in [0.15, 0.2) is 0 Å². The molecule has 112 valence electrons. The molecule has 6 heteroatoms. The van der Waals surface area contributed by atoms with Crippen LogP contribution in [0.2, 0.25) is 10.0 Å². The fraction of sp³-hybridized carbons (Fsp3) is 0.133. The Morgan fingerprint density at radius 2 is 1.76 bits per heavy atom. The Bertz CT molecular complexity index is 573. The molecular weight excluding hydrogens is 315 g/mol. The molecule has 4 nitrogen and oxygen atoms in total. The molecule has 0 saturated carbocycles. The summed E-state index contributed by atoms with van der Waals surface area (Å²) in [4.78, 5) is 10.2. The van der Waals surface area contributed by atoms with Gasteiger partial charge in [-0.3, -0.25) is 0 Å². The fourth-order valence-electron chi connectivity index (χ4n) is 1.33. The summed E-state index contributed by atoms with van der Waals surface area (Å²) < 4.78 is 5.10. The van der Waals surface area contributed by atoms with Gasteiger partial charge in [0.25, 0.3) is 0 Å². The first-order valence-electron chi connectivity index (χ1n) is 6.01. The quantitative estimate of drug-likeness (QED) is 0.896. The summed E-state index contributed by atoms with van der Waals surface area (Å²) >= 11 is 11.4. The van der Waals surface area contributed by atoms with Crippen LogP contribution in [0.15, 0.2) is 48.5 Å². The topological polar surface area (TPSA) is 66.8 Å². The summed E-state index contributed by atoms with van der Waals surface area (Å²) in [6, 6.07) is 13.2. The molecule has 0 radical (unpaired) electrons. The number of hydrogen-bond acceptors (Lipinski definition) is 3. The molecule has 0 aliphatic carbocycles. The van der Waals surface area contributed by atoms with Crippen LogP contribution in [0, 0.1) is 0 Å². The summed E-state index contributed by atoms with van der Waals surface area (Å²) in [6.07, 6.45) is 0. The van der Waals surface area contributed by atoms with Gasteiger partial charge in [-0.1, -0.05) is 41.4 Å². The monoisotopic (exact) mass is 328 g/mol. The highest BCUT2D eigenvalue weighted by molar-refractivity contribution is 6.35. The Balaban J connectivity index is 0.000000219. The van der Waals surface area contributed by atoms with Crippen LogP contribution in [-0.2, 0) is 0 Å². The van der Waals surface area contributed by atoms with Gasteiger partial charge >= 0.3 is 5.97 Å². The normalized spacial score (nSPS) is 9.48. The summed E-state index contributed by atoms with van der Waals surface area (Å²) in [7, 11) is 0. The number of aliphatic hydroxyl groups excluding tert-OH is 1. The second-order valence-corrected chi connectivity index (χ2v) is 4.66. The van der Waals surface area contributed by atoms with E-state index in [4.69, 9.17) is 38.2 Å². The summed E-state index contributed by atoms with van der Waals surface area (Å²) in [6.45, 7) is 0.209. The largest absolute Gasteiger partial charge is 0.490 e. The van der Waals surface area contributed by atoms with E-state index in [1.165, 1.54) is 0 Å². The van der Waals surface area contributed by atoms with Crippen LogP contribution in [0.25, 0.3) is 0 Å². The van der Waals surface area contributed by atoms with E-state index in [1.807, 2.05) is 0 Å². The average molecular weight is 329 g/mol. The first kappa shape index (κ1) is 17.3. The molecule has 0 atom stereocenters. The Labute approximate surface area is 132 Å². The maximum absolute atomic E-state index is 10.2. The van der Waals surface area contributed by atoms with E-state index in [2.05, 4.69) is 0 Å². The zero-order valence-electron chi connectivity index (χ0n) is 11.0. The number of ether oxygens (including phenoxy) is 1. The number of hydrogen-bond donors (Lipinski definition) is 2. The molecule has 0 aromatic heterocycles. The van der Waals surface area contributed by atoms with Gasteiger partial charge < -0.3 is 14.9 Å².